The summed E-state index contributed by atoms with van der Waals surface area (Å²) in [6.07, 6.45) is 4.66. The summed E-state index contributed by atoms with van der Waals surface area (Å²) in [4.78, 5) is 12.4. The second-order valence-corrected chi connectivity index (χ2v) is 6.36. The maximum Gasteiger partial charge on any atom is 0.141 e. The molecule has 0 unspecified atom stereocenters. The standard InChI is InChI=1S/C14H22BrN3O/c1-9-14(15)12(18(2)17-9)7-13(19)11-5-3-10(8-16)4-6-11/h10-11H,3-8,16H2,1-2H3. The fraction of sp³-hybridized carbons (Fsp3) is 0.714. The smallest absolute Gasteiger partial charge is 0.141 e. The number of hydrogen-bond acceptors (Lipinski definition) is 3. The highest BCUT2D eigenvalue weighted by atomic mass is 79.9. The molecule has 1 fully saturated rings. The number of nitrogens with zero attached hydrogens (tertiary/aromatic N) is 2. The fourth-order valence-electron chi connectivity index (χ4n) is 2.90. The number of carbonyl (C=O) groups excluding carboxylic acids is 1. The van der Waals surface area contributed by atoms with Crippen molar-refractivity contribution in [1.82, 2.24) is 9.78 Å². The molecule has 1 aliphatic carbocycles. The molecule has 0 aromatic carbocycles. The van der Waals surface area contributed by atoms with E-state index in [0.29, 0.717) is 18.1 Å². The van der Waals surface area contributed by atoms with Crippen LogP contribution < -0.4 is 5.73 Å². The molecule has 0 aliphatic heterocycles. The van der Waals surface area contributed by atoms with Gasteiger partial charge in [0.05, 0.1) is 15.9 Å². The number of carbonyl (C=O) groups is 1. The van der Waals surface area contributed by atoms with Gasteiger partial charge in [0.15, 0.2) is 0 Å². The van der Waals surface area contributed by atoms with Gasteiger partial charge in [-0.1, -0.05) is 0 Å². The fourth-order valence-corrected chi connectivity index (χ4v) is 3.38. The van der Waals surface area contributed by atoms with Gasteiger partial charge in [-0.05, 0) is 61.0 Å². The molecule has 0 saturated heterocycles. The lowest BCUT2D eigenvalue weighted by molar-refractivity contribution is -0.123. The Labute approximate surface area is 122 Å². The van der Waals surface area contributed by atoms with E-state index in [0.717, 1.165) is 48.1 Å². The number of aryl methyl sites for hydroxylation is 2. The van der Waals surface area contributed by atoms with Crippen LogP contribution in [0.3, 0.4) is 0 Å². The highest BCUT2D eigenvalue weighted by Crippen LogP contribution is 2.30. The Kier molecular flexibility index (Phi) is 4.79. The topological polar surface area (TPSA) is 60.9 Å². The van der Waals surface area contributed by atoms with Crippen LogP contribution in [0.2, 0.25) is 0 Å². The molecule has 1 aromatic rings. The maximum atomic E-state index is 12.4. The molecule has 1 aliphatic rings. The number of ketones is 1. The van der Waals surface area contributed by atoms with Crippen LogP contribution in [0.5, 0.6) is 0 Å². The lowest BCUT2D eigenvalue weighted by Gasteiger charge is -2.26. The van der Waals surface area contributed by atoms with Gasteiger partial charge >= 0.3 is 0 Å². The van der Waals surface area contributed by atoms with E-state index in [1.807, 2.05) is 18.7 Å². The molecule has 0 amide bonds. The largest absolute Gasteiger partial charge is 0.330 e. The molecular weight excluding hydrogens is 306 g/mol. The van der Waals surface area contributed by atoms with Gasteiger partial charge in [0.1, 0.15) is 5.78 Å². The maximum absolute atomic E-state index is 12.4. The predicted molar refractivity (Wildman–Crippen MR) is 78.9 cm³/mol. The third-order valence-corrected chi connectivity index (χ3v) is 5.27. The predicted octanol–water partition coefficient (Wildman–Crippen LogP) is 2.37. The first-order valence-electron chi connectivity index (χ1n) is 6.93. The van der Waals surface area contributed by atoms with E-state index >= 15 is 0 Å². The quantitative estimate of drug-likeness (QED) is 0.923. The van der Waals surface area contributed by atoms with Crippen molar-refractivity contribution in [1.29, 1.82) is 0 Å². The van der Waals surface area contributed by atoms with Crippen molar-refractivity contribution >= 4 is 21.7 Å². The average molecular weight is 328 g/mol. The van der Waals surface area contributed by atoms with E-state index in [2.05, 4.69) is 21.0 Å². The minimum absolute atomic E-state index is 0.213. The summed E-state index contributed by atoms with van der Waals surface area (Å²) in [5, 5.41) is 4.34. The van der Waals surface area contributed by atoms with E-state index in [4.69, 9.17) is 5.73 Å². The molecule has 106 valence electrons. The second kappa shape index (κ2) is 6.18. The minimum Gasteiger partial charge on any atom is -0.330 e. The van der Waals surface area contributed by atoms with Crippen molar-refractivity contribution in [3.63, 3.8) is 0 Å². The van der Waals surface area contributed by atoms with Crippen LogP contribution in [0.15, 0.2) is 4.47 Å². The summed E-state index contributed by atoms with van der Waals surface area (Å²) >= 11 is 3.52. The van der Waals surface area contributed by atoms with Gasteiger partial charge in [0, 0.05) is 19.4 Å². The van der Waals surface area contributed by atoms with Crippen LogP contribution in [0.1, 0.15) is 37.1 Å². The van der Waals surface area contributed by atoms with Crippen molar-refractivity contribution in [2.75, 3.05) is 6.54 Å². The first-order chi connectivity index (χ1) is 9.02. The van der Waals surface area contributed by atoms with Crippen LogP contribution in [0, 0.1) is 18.8 Å². The molecule has 0 spiro atoms. The Morgan fingerprint density at radius 3 is 2.53 bits per heavy atom. The summed E-state index contributed by atoms with van der Waals surface area (Å²) in [5.74, 6) is 1.18. The second-order valence-electron chi connectivity index (χ2n) is 5.57. The highest BCUT2D eigenvalue weighted by molar-refractivity contribution is 9.10. The normalized spacial score (nSPS) is 23.6. The van der Waals surface area contributed by atoms with Crippen molar-refractivity contribution in [2.24, 2.45) is 24.6 Å². The zero-order chi connectivity index (χ0) is 14.0. The molecule has 0 radical (unpaired) electrons. The Bertz CT molecular complexity index is 462. The van der Waals surface area contributed by atoms with E-state index < -0.39 is 0 Å². The number of halogens is 1. The van der Waals surface area contributed by atoms with Crippen molar-refractivity contribution in [3.05, 3.63) is 15.9 Å². The molecule has 1 heterocycles. The summed E-state index contributed by atoms with van der Waals surface area (Å²) in [6.45, 7) is 2.71. The molecule has 2 N–H and O–H groups in total. The van der Waals surface area contributed by atoms with Crippen LogP contribution >= 0.6 is 15.9 Å². The lowest BCUT2D eigenvalue weighted by Crippen LogP contribution is -2.27. The number of hydrogen-bond donors (Lipinski definition) is 1. The first-order valence-corrected chi connectivity index (χ1v) is 7.73. The van der Waals surface area contributed by atoms with Gasteiger partial charge < -0.3 is 5.73 Å². The summed E-state index contributed by atoms with van der Waals surface area (Å²) < 4.78 is 2.78. The molecule has 1 saturated carbocycles. The van der Waals surface area contributed by atoms with Crippen molar-refractivity contribution < 1.29 is 4.79 Å². The Hall–Kier alpha value is -0.680. The molecule has 4 nitrogen and oxygen atoms in total. The third-order valence-electron chi connectivity index (χ3n) is 4.24. The number of Topliss-reactive ketones (excluding diaryl/α,β-unsaturated/α-hetero) is 1. The molecular formula is C14H22BrN3O. The molecule has 2 rings (SSSR count). The van der Waals surface area contributed by atoms with Crippen LogP contribution in [-0.2, 0) is 18.3 Å². The molecule has 1 aromatic heterocycles. The van der Waals surface area contributed by atoms with Crippen LogP contribution in [-0.4, -0.2) is 22.1 Å². The van der Waals surface area contributed by atoms with Gasteiger partial charge in [-0.15, -0.1) is 0 Å². The Morgan fingerprint density at radius 2 is 2.05 bits per heavy atom. The zero-order valence-corrected chi connectivity index (χ0v) is 13.2. The minimum atomic E-state index is 0.213. The van der Waals surface area contributed by atoms with Gasteiger partial charge in [0.2, 0.25) is 0 Å². The number of rotatable bonds is 4. The summed E-state index contributed by atoms with van der Waals surface area (Å²) in [6, 6.07) is 0. The molecule has 19 heavy (non-hydrogen) atoms. The number of nitrogens with two attached hydrogens (primary N) is 1. The van der Waals surface area contributed by atoms with E-state index in [1.165, 1.54) is 0 Å². The number of aromatic nitrogens is 2. The van der Waals surface area contributed by atoms with Crippen molar-refractivity contribution in [2.45, 2.75) is 39.0 Å². The van der Waals surface area contributed by atoms with E-state index in [1.54, 1.807) is 0 Å². The highest BCUT2D eigenvalue weighted by Gasteiger charge is 2.26. The monoisotopic (exact) mass is 327 g/mol. The van der Waals surface area contributed by atoms with Crippen LogP contribution in [0.25, 0.3) is 0 Å². The SMILES string of the molecule is Cc1nn(C)c(CC(=O)C2CCC(CN)CC2)c1Br. The molecule has 0 bridgehead atoms. The van der Waals surface area contributed by atoms with Crippen LogP contribution in [0.4, 0.5) is 0 Å². The molecule has 0 atom stereocenters. The lowest BCUT2D eigenvalue weighted by atomic mass is 9.79. The Morgan fingerprint density at radius 1 is 1.42 bits per heavy atom. The average Bonchev–Trinajstić information content (AvgIpc) is 2.65. The third kappa shape index (κ3) is 3.26. The van der Waals surface area contributed by atoms with Crippen molar-refractivity contribution in [3.8, 4) is 0 Å². The van der Waals surface area contributed by atoms with Gasteiger partial charge in [0.25, 0.3) is 0 Å². The van der Waals surface area contributed by atoms with E-state index in [9.17, 15) is 4.79 Å². The first kappa shape index (κ1) is 14.7. The molecule has 5 heteroatoms. The summed E-state index contributed by atoms with van der Waals surface area (Å²) in [5.41, 5.74) is 7.62. The van der Waals surface area contributed by atoms with E-state index in [-0.39, 0.29) is 5.92 Å². The zero-order valence-electron chi connectivity index (χ0n) is 11.7. The van der Waals surface area contributed by atoms with Gasteiger partial charge in [-0.25, -0.2) is 0 Å². The van der Waals surface area contributed by atoms with Gasteiger partial charge in [-0.3, -0.25) is 9.48 Å². The summed E-state index contributed by atoms with van der Waals surface area (Å²) in [7, 11) is 1.89. The Balaban J connectivity index is 1.98. The van der Waals surface area contributed by atoms with Gasteiger partial charge in [-0.2, -0.15) is 5.10 Å².